The van der Waals surface area contributed by atoms with E-state index in [0.717, 1.165) is 24.1 Å². The molecule has 0 aliphatic carbocycles. The monoisotopic (exact) mass is 347 g/mol. The van der Waals surface area contributed by atoms with Crippen molar-refractivity contribution in [2.24, 2.45) is 0 Å². The molecule has 4 nitrogen and oxygen atoms in total. The molecule has 0 bridgehead atoms. The molecule has 1 N–H and O–H groups in total. The number of amides is 1. The van der Waals surface area contributed by atoms with Crippen molar-refractivity contribution in [3.8, 4) is 0 Å². The van der Waals surface area contributed by atoms with Crippen LogP contribution in [0.15, 0.2) is 47.1 Å². The zero-order chi connectivity index (χ0) is 14.8. The smallest absolute Gasteiger partial charge is 0.270 e. The number of aromatic nitrogens is 1. The highest BCUT2D eigenvalue weighted by atomic mass is 79.9. The average molecular weight is 348 g/mol. The van der Waals surface area contributed by atoms with Crippen LogP contribution in [0.2, 0.25) is 0 Å². The van der Waals surface area contributed by atoms with E-state index in [9.17, 15) is 4.79 Å². The van der Waals surface area contributed by atoms with E-state index in [-0.39, 0.29) is 11.9 Å². The van der Waals surface area contributed by atoms with Crippen molar-refractivity contribution in [3.63, 3.8) is 0 Å². The molecule has 1 amide bonds. The first-order valence-corrected chi connectivity index (χ1v) is 7.83. The minimum atomic E-state index is 0.0580. The van der Waals surface area contributed by atoms with Gasteiger partial charge in [-0.3, -0.25) is 4.79 Å². The van der Waals surface area contributed by atoms with E-state index in [4.69, 9.17) is 0 Å². The molecule has 1 saturated heterocycles. The van der Waals surface area contributed by atoms with Gasteiger partial charge in [0.05, 0.1) is 6.04 Å². The number of aromatic amines is 1. The molecule has 1 fully saturated rings. The third-order valence-corrected chi connectivity index (χ3v) is 4.36. The summed E-state index contributed by atoms with van der Waals surface area (Å²) >= 11 is 3.38. The van der Waals surface area contributed by atoms with Crippen LogP contribution in [-0.2, 0) is 0 Å². The summed E-state index contributed by atoms with van der Waals surface area (Å²) in [5.41, 5.74) is 1.82. The molecule has 0 radical (unpaired) electrons. The fraction of sp³-hybridized carbons (Fsp3) is 0.312. The van der Waals surface area contributed by atoms with Crippen LogP contribution >= 0.6 is 15.9 Å². The van der Waals surface area contributed by atoms with E-state index in [2.05, 4.69) is 45.0 Å². The van der Waals surface area contributed by atoms with Crippen molar-refractivity contribution < 1.29 is 4.79 Å². The Labute approximate surface area is 132 Å². The van der Waals surface area contributed by atoms with Gasteiger partial charge in [0.25, 0.3) is 5.91 Å². The Bertz CT molecular complexity index is 625. The first-order valence-electron chi connectivity index (χ1n) is 7.03. The van der Waals surface area contributed by atoms with Gasteiger partial charge in [-0.2, -0.15) is 0 Å². The Hall–Kier alpha value is -1.59. The minimum absolute atomic E-state index is 0.0580. The molecule has 5 heteroatoms. The molecule has 2 aromatic rings. The molecule has 110 valence electrons. The van der Waals surface area contributed by atoms with E-state index >= 15 is 0 Å². The molecule has 1 aliphatic rings. The van der Waals surface area contributed by atoms with Crippen LogP contribution in [0.1, 0.15) is 22.1 Å². The van der Waals surface area contributed by atoms with E-state index in [1.165, 1.54) is 5.56 Å². The highest BCUT2D eigenvalue weighted by Crippen LogP contribution is 2.26. The number of H-pyrrole nitrogens is 1. The molecule has 0 spiro atoms. The molecule has 0 saturated carbocycles. The third kappa shape index (κ3) is 3.04. The first-order chi connectivity index (χ1) is 10.1. The van der Waals surface area contributed by atoms with Crippen LogP contribution in [-0.4, -0.2) is 47.4 Å². The summed E-state index contributed by atoms with van der Waals surface area (Å²) in [5, 5.41) is 0. The fourth-order valence-electron chi connectivity index (χ4n) is 2.77. The maximum absolute atomic E-state index is 12.8. The molecule has 2 heterocycles. The van der Waals surface area contributed by atoms with E-state index in [0.29, 0.717) is 5.69 Å². The number of nitrogens with zero attached hydrogens (tertiary/aromatic N) is 2. The molecule has 1 aliphatic heterocycles. The van der Waals surface area contributed by atoms with Crippen LogP contribution in [0.25, 0.3) is 0 Å². The normalized spacial score (nSPS) is 19.7. The van der Waals surface area contributed by atoms with Crippen molar-refractivity contribution in [3.05, 3.63) is 58.3 Å². The number of carbonyl (C=O) groups is 1. The number of benzene rings is 1. The third-order valence-electron chi connectivity index (χ3n) is 3.91. The SMILES string of the molecule is CN1CCN(C(=O)c2cc(Br)c[nH]2)C(c2ccccc2)C1. The lowest BCUT2D eigenvalue weighted by Crippen LogP contribution is -2.49. The predicted molar refractivity (Wildman–Crippen MR) is 86.2 cm³/mol. The number of piperazine rings is 1. The van der Waals surface area contributed by atoms with Gasteiger partial charge in [-0.25, -0.2) is 0 Å². The van der Waals surface area contributed by atoms with E-state index < -0.39 is 0 Å². The van der Waals surface area contributed by atoms with E-state index in [1.54, 1.807) is 6.20 Å². The fourth-order valence-corrected chi connectivity index (χ4v) is 3.11. The lowest BCUT2D eigenvalue weighted by Gasteiger charge is -2.40. The molecule has 3 rings (SSSR count). The van der Waals surface area contributed by atoms with Crippen molar-refractivity contribution in [2.45, 2.75) is 6.04 Å². The highest BCUT2D eigenvalue weighted by molar-refractivity contribution is 9.10. The van der Waals surface area contributed by atoms with Crippen molar-refractivity contribution in [1.82, 2.24) is 14.8 Å². The standard InChI is InChI=1S/C16H18BrN3O/c1-19-7-8-20(16(21)14-9-13(17)10-18-14)15(11-19)12-5-3-2-4-6-12/h2-6,9-10,15,18H,7-8,11H2,1H3. The van der Waals surface area contributed by atoms with Crippen LogP contribution in [0.5, 0.6) is 0 Å². The van der Waals surface area contributed by atoms with Gasteiger partial charge < -0.3 is 14.8 Å². The van der Waals surface area contributed by atoms with Crippen molar-refractivity contribution in [2.75, 3.05) is 26.7 Å². The molecule has 1 atom stereocenters. The Kier molecular flexibility index (Phi) is 4.12. The summed E-state index contributed by atoms with van der Waals surface area (Å²) < 4.78 is 0.899. The van der Waals surface area contributed by atoms with Crippen molar-refractivity contribution >= 4 is 21.8 Å². The van der Waals surface area contributed by atoms with Gasteiger partial charge in [0.15, 0.2) is 0 Å². The lowest BCUT2D eigenvalue weighted by molar-refractivity contribution is 0.0493. The Morgan fingerprint density at radius 1 is 1.29 bits per heavy atom. The Morgan fingerprint density at radius 2 is 2.05 bits per heavy atom. The number of hydrogen-bond acceptors (Lipinski definition) is 2. The largest absolute Gasteiger partial charge is 0.356 e. The number of carbonyl (C=O) groups excluding carboxylic acids is 1. The first kappa shape index (κ1) is 14.4. The molecule has 21 heavy (non-hydrogen) atoms. The van der Waals surface area contributed by atoms with Crippen molar-refractivity contribution in [1.29, 1.82) is 0 Å². The van der Waals surface area contributed by atoms with Gasteiger partial charge in [-0.05, 0) is 34.6 Å². The van der Waals surface area contributed by atoms with Crippen LogP contribution < -0.4 is 0 Å². The van der Waals surface area contributed by atoms with Gasteiger partial charge in [-0.15, -0.1) is 0 Å². The quantitative estimate of drug-likeness (QED) is 0.907. The summed E-state index contributed by atoms with van der Waals surface area (Å²) in [6, 6.07) is 12.2. The topological polar surface area (TPSA) is 39.3 Å². The minimum Gasteiger partial charge on any atom is -0.356 e. The van der Waals surface area contributed by atoms with Gasteiger partial charge >= 0.3 is 0 Å². The Balaban J connectivity index is 1.89. The number of likely N-dealkylation sites (N-methyl/N-ethyl adjacent to an activating group) is 1. The lowest BCUT2D eigenvalue weighted by atomic mass is 10.0. The second kappa shape index (κ2) is 6.03. The summed E-state index contributed by atoms with van der Waals surface area (Å²) in [4.78, 5) is 20.0. The number of halogens is 1. The molecule has 1 aromatic carbocycles. The molecule has 1 aromatic heterocycles. The summed E-state index contributed by atoms with van der Waals surface area (Å²) in [7, 11) is 2.10. The van der Waals surface area contributed by atoms with Gasteiger partial charge in [0, 0.05) is 30.3 Å². The van der Waals surface area contributed by atoms with Crippen LogP contribution in [0.4, 0.5) is 0 Å². The molecular formula is C16H18BrN3O. The predicted octanol–water partition coefficient (Wildman–Crippen LogP) is 2.91. The number of nitrogens with one attached hydrogen (secondary N) is 1. The second-order valence-electron chi connectivity index (χ2n) is 5.42. The number of rotatable bonds is 2. The Morgan fingerprint density at radius 3 is 2.71 bits per heavy atom. The molecule has 1 unspecified atom stereocenters. The summed E-state index contributed by atoms with van der Waals surface area (Å²) in [6.45, 7) is 2.50. The number of hydrogen-bond donors (Lipinski definition) is 1. The maximum atomic E-state index is 12.8. The maximum Gasteiger partial charge on any atom is 0.270 e. The zero-order valence-corrected chi connectivity index (χ0v) is 13.5. The average Bonchev–Trinajstić information content (AvgIpc) is 2.94. The highest BCUT2D eigenvalue weighted by Gasteiger charge is 2.31. The second-order valence-corrected chi connectivity index (χ2v) is 6.33. The summed E-state index contributed by atoms with van der Waals surface area (Å²) in [6.07, 6.45) is 1.79. The van der Waals surface area contributed by atoms with E-state index in [1.807, 2.05) is 29.2 Å². The van der Waals surface area contributed by atoms with Gasteiger partial charge in [0.2, 0.25) is 0 Å². The van der Waals surface area contributed by atoms with Crippen LogP contribution in [0.3, 0.4) is 0 Å². The van der Waals surface area contributed by atoms with Crippen LogP contribution in [0, 0.1) is 0 Å². The zero-order valence-electron chi connectivity index (χ0n) is 11.9. The van der Waals surface area contributed by atoms with Gasteiger partial charge in [0.1, 0.15) is 5.69 Å². The molecular weight excluding hydrogens is 330 g/mol. The van der Waals surface area contributed by atoms with Gasteiger partial charge in [-0.1, -0.05) is 30.3 Å². The summed E-state index contributed by atoms with van der Waals surface area (Å²) in [5.74, 6) is 0.0580.